The van der Waals surface area contributed by atoms with E-state index in [0.717, 1.165) is 4.88 Å². The molecule has 23 heavy (non-hydrogen) atoms. The summed E-state index contributed by atoms with van der Waals surface area (Å²) in [4.78, 5) is 16.7. The molecule has 0 radical (unpaired) electrons. The van der Waals surface area contributed by atoms with E-state index in [4.69, 9.17) is 0 Å². The number of thiazole rings is 1. The van der Waals surface area contributed by atoms with Crippen LogP contribution in [0.1, 0.15) is 16.9 Å². The Hall–Kier alpha value is -1.93. The van der Waals surface area contributed by atoms with E-state index in [9.17, 15) is 18.0 Å². The number of nitrogens with one attached hydrogen (secondary N) is 2. The first-order chi connectivity index (χ1) is 10.9. The summed E-state index contributed by atoms with van der Waals surface area (Å²) in [5.74, 6) is -3.70. The van der Waals surface area contributed by atoms with Crippen molar-refractivity contribution in [2.24, 2.45) is 0 Å². The van der Waals surface area contributed by atoms with Crippen molar-refractivity contribution in [3.8, 4) is 0 Å². The molecule has 1 saturated heterocycles. The van der Waals surface area contributed by atoms with Gasteiger partial charge in [-0.1, -0.05) is 18.2 Å². The quantitative estimate of drug-likeness (QED) is 0.899. The van der Waals surface area contributed by atoms with Crippen molar-refractivity contribution in [2.45, 2.75) is 24.8 Å². The Bertz CT molecular complexity index is 719. The van der Waals surface area contributed by atoms with Gasteiger partial charge in [-0.2, -0.15) is 0 Å². The van der Waals surface area contributed by atoms with Crippen LogP contribution >= 0.6 is 11.3 Å². The number of halogens is 3. The fourth-order valence-corrected chi connectivity index (χ4v) is 3.21. The Labute approximate surface area is 134 Å². The number of hydrogen-bond donors (Lipinski definition) is 2. The number of anilines is 1. The zero-order valence-corrected chi connectivity index (χ0v) is 12.8. The van der Waals surface area contributed by atoms with Crippen LogP contribution in [-0.4, -0.2) is 29.4 Å². The maximum atomic E-state index is 13.6. The molecule has 1 fully saturated rings. The van der Waals surface area contributed by atoms with E-state index >= 15 is 0 Å². The van der Waals surface area contributed by atoms with Crippen molar-refractivity contribution < 1.29 is 18.0 Å². The first-order valence-corrected chi connectivity index (χ1v) is 7.85. The zero-order chi connectivity index (χ0) is 16.4. The molecule has 122 valence electrons. The predicted octanol–water partition coefficient (Wildman–Crippen LogP) is 2.81. The van der Waals surface area contributed by atoms with E-state index in [-0.39, 0.29) is 5.82 Å². The van der Waals surface area contributed by atoms with Crippen molar-refractivity contribution in [2.75, 3.05) is 11.9 Å². The van der Waals surface area contributed by atoms with Crippen molar-refractivity contribution >= 4 is 22.4 Å². The molecule has 3 rings (SSSR count). The first-order valence-electron chi connectivity index (χ1n) is 7.03. The number of aromatic nitrogens is 1. The average molecular weight is 341 g/mol. The third-order valence-corrected chi connectivity index (χ3v) is 4.45. The number of carbonyl (C=O) groups is 1. The molecule has 1 aromatic carbocycles. The van der Waals surface area contributed by atoms with Gasteiger partial charge in [-0.3, -0.25) is 10.1 Å². The second-order valence-electron chi connectivity index (χ2n) is 5.38. The van der Waals surface area contributed by atoms with E-state index in [1.165, 1.54) is 17.4 Å². The molecule has 1 aliphatic heterocycles. The molecule has 2 N–H and O–H groups in total. The van der Waals surface area contributed by atoms with Crippen LogP contribution in [0.15, 0.2) is 30.5 Å². The van der Waals surface area contributed by atoms with Crippen LogP contribution in [0.3, 0.4) is 0 Å². The van der Waals surface area contributed by atoms with E-state index in [0.29, 0.717) is 17.1 Å². The van der Waals surface area contributed by atoms with Crippen molar-refractivity contribution in [3.05, 3.63) is 46.7 Å². The van der Waals surface area contributed by atoms with Crippen LogP contribution in [0, 0.1) is 5.82 Å². The van der Waals surface area contributed by atoms with Crippen LogP contribution in [0.25, 0.3) is 0 Å². The second kappa shape index (κ2) is 6.29. The van der Waals surface area contributed by atoms with Crippen LogP contribution < -0.4 is 10.6 Å². The number of rotatable bonds is 4. The molecule has 0 spiro atoms. The van der Waals surface area contributed by atoms with Gasteiger partial charge in [0.2, 0.25) is 5.91 Å². The lowest BCUT2D eigenvalue weighted by Gasteiger charge is -2.08. The molecule has 8 heteroatoms. The fraction of sp³-hybridized carbons (Fsp3) is 0.333. The Morgan fingerprint density at radius 3 is 2.91 bits per heavy atom. The third kappa shape index (κ3) is 3.89. The number of amides is 1. The number of hydrogen-bond acceptors (Lipinski definition) is 4. The van der Waals surface area contributed by atoms with Gasteiger partial charge in [0.25, 0.3) is 5.92 Å². The highest BCUT2D eigenvalue weighted by Gasteiger charge is 2.42. The predicted molar refractivity (Wildman–Crippen MR) is 81.3 cm³/mol. The van der Waals surface area contributed by atoms with Crippen LogP contribution in [0.2, 0.25) is 0 Å². The van der Waals surface area contributed by atoms with E-state index in [1.54, 1.807) is 24.4 Å². The first kappa shape index (κ1) is 15.9. The molecule has 0 saturated carbocycles. The molecule has 0 bridgehead atoms. The standard InChI is InChI=1S/C15H14F3N3OS/c16-11-4-2-1-3-9(11)5-10-7-19-14(23-10)21-13(22)12-6-15(17,18)8-20-12/h1-4,7,12,20H,5-6,8H2,(H,19,21,22). The summed E-state index contributed by atoms with van der Waals surface area (Å²) in [5, 5.41) is 5.33. The van der Waals surface area contributed by atoms with Gasteiger partial charge in [0.15, 0.2) is 5.13 Å². The van der Waals surface area contributed by atoms with Crippen LogP contribution in [0.4, 0.5) is 18.3 Å². The summed E-state index contributed by atoms with van der Waals surface area (Å²) in [6, 6.07) is 5.49. The molecule has 1 aliphatic rings. The van der Waals surface area contributed by atoms with Gasteiger partial charge in [-0.15, -0.1) is 11.3 Å². The number of nitrogens with zero attached hydrogens (tertiary/aromatic N) is 1. The molecule has 2 heterocycles. The van der Waals surface area contributed by atoms with Gasteiger partial charge in [0.1, 0.15) is 5.82 Å². The maximum Gasteiger partial charge on any atom is 0.262 e. The zero-order valence-electron chi connectivity index (χ0n) is 12.0. The topological polar surface area (TPSA) is 54.0 Å². The molecule has 1 aromatic heterocycles. The largest absolute Gasteiger partial charge is 0.301 e. The second-order valence-corrected chi connectivity index (χ2v) is 6.50. The highest BCUT2D eigenvalue weighted by molar-refractivity contribution is 7.15. The SMILES string of the molecule is O=C(Nc1ncc(Cc2ccccc2F)s1)C1CC(F)(F)CN1. The van der Waals surface area contributed by atoms with Crippen molar-refractivity contribution in [1.82, 2.24) is 10.3 Å². The lowest BCUT2D eigenvalue weighted by Crippen LogP contribution is -2.35. The monoisotopic (exact) mass is 341 g/mol. The van der Waals surface area contributed by atoms with Gasteiger partial charge in [0.05, 0.1) is 12.6 Å². The van der Waals surface area contributed by atoms with Crippen LogP contribution in [0.5, 0.6) is 0 Å². The minimum atomic E-state index is -2.86. The smallest absolute Gasteiger partial charge is 0.262 e. The van der Waals surface area contributed by atoms with Gasteiger partial charge in [-0.05, 0) is 11.6 Å². The van der Waals surface area contributed by atoms with Gasteiger partial charge >= 0.3 is 0 Å². The summed E-state index contributed by atoms with van der Waals surface area (Å²) in [5.41, 5.74) is 0.533. The number of alkyl halides is 2. The van der Waals surface area contributed by atoms with Crippen molar-refractivity contribution in [3.63, 3.8) is 0 Å². The molecular formula is C15H14F3N3OS. The molecule has 1 unspecified atom stereocenters. The number of benzene rings is 1. The summed E-state index contributed by atoms with van der Waals surface area (Å²) in [6.45, 7) is -0.499. The summed E-state index contributed by atoms with van der Waals surface area (Å²) in [6.07, 6.45) is 1.38. The normalized spacial score (nSPS) is 19.7. The Morgan fingerprint density at radius 1 is 1.43 bits per heavy atom. The maximum absolute atomic E-state index is 13.6. The minimum absolute atomic E-state index is 0.302. The van der Waals surface area contributed by atoms with Gasteiger partial charge in [0, 0.05) is 23.9 Å². The van der Waals surface area contributed by atoms with Crippen LogP contribution in [-0.2, 0) is 11.2 Å². The number of carbonyl (C=O) groups excluding carboxylic acids is 1. The molecule has 0 aliphatic carbocycles. The molecular weight excluding hydrogens is 327 g/mol. The van der Waals surface area contributed by atoms with Gasteiger partial charge in [-0.25, -0.2) is 18.2 Å². The lowest BCUT2D eigenvalue weighted by atomic mass is 10.1. The molecule has 4 nitrogen and oxygen atoms in total. The van der Waals surface area contributed by atoms with E-state index < -0.39 is 30.8 Å². The van der Waals surface area contributed by atoms with Gasteiger partial charge < -0.3 is 5.32 Å². The van der Waals surface area contributed by atoms with E-state index in [1.807, 2.05) is 0 Å². The highest BCUT2D eigenvalue weighted by Crippen LogP contribution is 2.27. The molecule has 2 aromatic rings. The fourth-order valence-electron chi connectivity index (χ4n) is 2.37. The Kier molecular flexibility index (Phi) is 4.36. The Morgan fingerprint density at radius 2 is 2.22 bits per heavy atom. The summed E-state index contributed by atoms with van der Waals surface area (Å²) in [7, 11) is 0. The average Bonchev–Trinajstić information content (AvgIpc) is 3.08. The van der Waals surface area contributed by atoms with Crippen molar-refractivity contribution in [1.29, 1.82) is 0 Å². The Balaban J connectivity index is 1.61. The summed E-state index contributed by atoms with van der Waals surface area (Å²) >= 11 is 1.20. The lowest BCUT2D eigenvalue weighted by molar-refractivity contribution is -0.118. The summed E-state index contributed by atoms with van der Waals surface area (Å²) < 4.78 is 39.8. The molecule has 1 amide bonds. The minimum Gasteiger partial charge on any atom is -0.301 e. The molecule has 1 atom stereocenters. The third-order valence-electron chi connectivity index (χ3n) is 3.53. The van der Waals surface area contributed by atoms with E-state index in [2.05, 4.69) is 15.6 Å². The highest BCUT2D eigenvalue weighted by atomic mass is 32.1.